The second-order valence-electron chi connectivity index (χ2n) is 7.44. The molecule has 0 N–H and O–H groups in total. The van der Waals surface area contributed by atoms with Gasteiger partial charge < -0.3 is 4.74 Å². The topological polar surface area (TPSA) is 26.3 Å². The van der Waals surface area contributed by atoms with Gasteiger partial charge in [0.1, 0.15) is 6.10 Å². The molecular weight excluding hydrogens is 236 g/mol. The Morgan fingerprint density at radius 2 is 2.00 bits per heavy atom. The number of allylic oxidation sites excluding steroid dienone is 1. The third-order valence-corrected chi connectivity index (χ3v) is 5.02. The maximum atomic E-state index is 11.5. The smallest absolute Gasteiger partial charge is 0.303 e. The van der Waals surface area contributed by atoms with Crippen molar-refractivity contribution in [1.29, 1.82) is 0 Å². The lowest BCUT2D eigenvalue weighted by molar-refractivity contribution is -0.151. The van der Waals surface area contributed by atoms with Crippen molar-refractivity contribution in [2.45, 2.75) is 66.9 Å². The number of carbonyl (C=O) groups excluding carboxylic acids is 1. The van der Waals surface area contributed by atoms with Gasteiger partial charge in [0.25, 0.3) is 0 Å². The summed E-state index contributed by atoms with van der Waals surface area (Å²) in [6.45, 7) is 12.9. The summed E-state index contributed by atoms with van der Waals surface area (Å²) in [7, 11) is 0. The molecule has 3 atom stereocenters. The molecule has 0 unspecified atom stereocenters. The summed E-state index contributed by atoms with van der Waals surface area (Å²) in [5.74, 6) is 1.80. The van der Waals surface area contributed by atoms with Crippen LogP contribution in [0.1, 0.15) is 60.8 Å². The molecule has 0 bridgehead atoms. The molecule has 19 heavy (non-hydrogen) atoms. The first-order valence-electron chi connectivity index (χ1n) is 7.64. The van der Waals surface area contributed by atoms with Gasteiger partial charge in [0.05, 0.1) is 0 Å². The average Bonchev–Trinajstić information content (AvgIpc) is 2.59. The highest BCUT2D eigenvalue weighted by Crippen LogP contribution is 2.53. The van der Waals surface area contributed by atoms with Crippen molar-refractivity contribution in [1.82, 2.24) is 0 Å². The Kier molecular flexibility index (Phi) is 3.81. The SMILES string of the molecule is CC(=O)O[C@@H]1C(C(C)C)=C2CC[C@@H](C)[C@@H]2CC1(C)C. The number of fused-ring (bicyclic) bond motifs is 1. The van der Waals surface area contributed by atoms with Crippen molar-refractivity contribution in [3.63, 3.8) is 0 Å². The fraction of sp³-hybridized carbons (Fsp3) is 0.824. The van der Waals surface area contributed by atoms with Crippen LogP contribution in [0.15, 0.2) is 11.1 Å². The van der Waals surface area contributed by atoms with Crippen LogP contribution >= 0.6 is 0 Å². The molecule has 0 spiro atoms. The molecule has 0 aliphatic heterocycles. The minimum Gasteiger partial charge on any atom is -0.457 e. The van der Waals surface area contributed by atoms with Crippen LogP contribution < -0.4 is 0 Å². The first-order chi connectivity index (χ1) is 8.74. The van der Waals surface area contributed by atoms with Gasteiger partial charge in [-0.1, -0.05) is 40.2 Å². The number of esters is 1. The van der Waals surface area contributed by atoms with Crippen LogP contribution in [0, 0.1) is 23.2 Å². The van der Waals surface area contributed by atoms with Crippen LogP contribution in [0.25, 0.3) is 0 Å². The summed E-state index contributed by atoms with van der Waals surface area (Å²) in [5, 5.41) is 0. The average molecular weight is 264 g/mol. The molecule has 0 aromatic rings. The normalized spacial score (nSPS) is 33.5. The summed E-state index contributed by atoms with van der Waals surface area (Å²) in [4.78, 5) is 11.5. The Morgan fingerprint density at radius 1 is 1.37 bits per heavy atom. The van der Waals surface area contributed by atoms with E-state index >= 15 is 0 Å². The Balaban J connectivity index is 2.47. The molecule has 0 radical (unpaired) electrons. The predicted molar refractivity (Wildman–Crippen MR) is 77.7 cm³/mol. The summed E-state index contributed by atoms with van der Waals surface area (Å²) in [6, 6.07) is 0. The van der Waals surface area contributed by atoms with Crippen LogP contribution in [0.2, 0.25) is 0 Å². The Bertz CT molecular complexity index is 403. The van der Waals surface area contributed by atoms with E-state index < -0.39 is 0 Å². The molecule has 108 valence electrons. The van der Waals surface area contributed by atoms with E-state index in [9.17, 15) is 4.79 Å². The van der Waals surface area contributed by atoms with Crippen molar-refractivity contribution in [2.75, 3.05) is 0 Å². The molecule has 2 heteroatoms. The molecule has 2 rings (SSSR count). The number of carbonyl (C=O) groups is 1. The van der Waals surface area contributed by atoms with E-state index in [4.69, 9.17) is 4.74 Å². The highest BCUT2D eigenvalue weighted by Gasteiger charge is 2.47. The monoisotopic (exact) mass is 264 g/mol. The molecule has 2 aliphatic rings. The van der Waals surface area contributed by atoms with Gasteiger partial charge in [0, 0.05) is 12.3 Å². The van der Waals surface area contributed by atoms with Crippen molar-refractivity contribution in [3.05, 3.63) is 11.1 Å². The Hall–Kier alpha value is -0.790. The zero-order chi connectivity index (χ0) is 14.4. The zero-order valence-electron chi connectivity index (χ0n) is 13.2. The second-order valence-corrected chi connectivity index (χ2v) is 7.44. The second kappa shape index (κ2) is 4.96. The fourth-order valence-electron chi connectivity index (χ4n) is 4.12. The van der Waals surface area contributed by atoms with Gasteiger partial charge in [-0.05, 0) is 42.6 Å². The van der Waals surface area contributed by atoms with Gasteiger partial charge in [0.15, 0.2) is 0 Å². The fourth-order valence-corrected chi connectivity index (χ4v) is 4.12. The third-order valence-electron chi connectivity index (χ3n) is 5.02. The largest absolute Gasteiger partial charge is 0.457 e. The minimum absolute atomic E-state index is 0.0263. The molecular formula is C17H28O2. The van der Waals surface area contributed by atoms with Gasteiger partial charge in [-0.3, -0.25) is 4.79 Å². The molecule has 1 fully saturated rings. The van der Waals surface area contributed by atoms with Crippen molar-refractivity contribution >= 4 is 5.97 Å². The lowest BCUT2D eigenvalue weighted by Gasteiger charge is -2.45. The molecule has 0 aromatic carbocycles. The summed E-state index contributed by atoms with van der Waals surface area (Å²) in [5.41, 5.74) is 3.08. The first kappa shape index (κ1) is 14.6. The maximum Gasteiger partial charge on any atom is 0.303 e. The summed E-state index contributed by atoms with van der Waals surface area (Å²) >= 11 is 0. The quantitative estimate of drug-likeness (QED) is 0.547. The van der Waals surface area contributed by atoms with Crippen LogP contribution in [0.3, 0.4) is 0 Å². The number of hydrogen-bond acceptors (Lipinski definition) is 2. The van der Waals surface area contributed by atoms with E-state index in [-0.39, 0.29) is 17.5 Å². The highest BCUT2D eigenvalue weighted by atomic mass is 16.5. The van der Waals surface area contributed by atoms with Crippen LogP contribution in [-0.4, -0.2) is 12.1 Å². The predicted octanol–water partition coefficient (Wildman–Crippen LogP) is 4.35. The maximum absolute atomic E-state index is 11.5. The number of hydrogen-bond donors (Lipinski definition) is 0. The molecule has 0 heterocycles. The molecule has 1 saturated carbocycles. The highest BCUT2D eigenvalue weighted by molar-refractivity contribution is 5.66. The van der Waals surface area contributed by atoms with E-state index in [2.05, 4.69) is 34.6 Å². The van der Waals surface area contributed by atoms with E-state index in [1.54, 1.807) is 5.57 Å². The van der Waals surface area contributed by atoms with Gasteiger partial charge in [-0.15, -0.1) is 0 Å². The van der Waals surface area contributed by atoms with E-state index in [1.165, 1.54) is 25.3 Å². The molecule has 2 aliphatic carbocycles. The van der Waals surface area contributed by atoms with E-state index in [0.717, 1.165) is 12.3 Å². The number of rotatable bonds is 2. The standard InChI is InChI=1S/C17H28O2/c1-10(2)15-13-8-7-11(3)14(13)9-17(5,6)16(15)19-12(4)18/h10-11,14,16H,7-9H2,1-6H3/t11-,14+,16-/m1/s1. The molecule has 0 aromatic heterocycles. The lowest BCUT2D eigenvalue weighted by Crippen LogP contribution is -2.43. The van der Waals surface area contributed by atoms with Crippen LogP contribution in [0.5, 0.6) is 0 Å². The van der Waals surface area contributed by atoms with Gasteiger partial charge in [-0.25, -0.2) is 0 Å². The van der Waals surface area contributed by atoms with Crippen molar-refractivity contribution in [2.24, 2.45) is 23.2 Å². The van der Waals surface area contributed by atoms with Crippen molar-refractivity contribution in [3.8, 4) is 0 Å². The van der Waals surface area contributed by atoms with Gasteiger partial charge >= 0.3 is 5.97 Å². The van der Waals surface area contributed by atoms with Gasteiger partial charge in [0.2, 0.25) is 0 Å². The zero-order valence-corrected chi connectivity index (χ0v) is 13.2. The summed E-state index contributed by atoms with van der Waals surface area (Å²) in [6.07, 6.45) is 3.62. The van der Waals surface area contributed by atoms with E-state index in [0.29, 0.717) is 11.8 Å². The third kappa shape index (κ3) is 2.59. The Morgan fingerprint density at radius 3 is 2.53 bits per heavy atom. The molecule has 0 saturated heterocycles. The summed E-state index contributed by atoms with van der Waals surface area (Å²) < 4.78 is 5.73. The Labute approximate surface area is 117 Å². The van der Waals surface area contributed by atoms with Crippen molar-refractivity contribution < 1.29 is 9.53 Å². The first-order valence-corrected chi connectivity index (χ1v) is 7.64. The van der Waals surface area contributed by atoms with Crippen LogP contribution in [0.4, 0.5) is 0 Å². The number of ether oxygens (including phenoxy) is 1. The molecule has 0 amide bonds. The van der Waals surface area contributed by atoms with E-state index in [1.807, 2.05) is 0 Å². The lowest BCUT2D eigenvalue weighted by atomic mass is 9.64. The van der Waals surface area contributed by atoms with Crippen LogP contribution in [-0.2, 0) is 9.53 Å². The minimum atomic E-state index is -0.152. The van der Waals surface area contributed by atoms with Gasteiger partial charge in [-0.2, -0.15) is 0 Å². The molecule has 2 nitrogen and oxygen atoms in total.